The molecule has 3 rings (SSSR count). The number of hydrogen-bond donors (Lipinski definition) is 2. The van der Waals surface area contributed by atoms with Crippen LogP contribution in [-0.4, -0.2) is 53.7 Å². The fourth-order valence-corrected chi connectivity index (χ4v) is 4.90. The number of carbonyl (C=O) groups is 1. The van der Waals surface area contributed by atoms with Gasteiger partial charge < -0.3 is 15.5 Å². The lowest BCUT2D eigenvalue weighted by molar-refractivity contribution is -0.135. The minimum atomic E-state index is -4.64. The van der Waals surface area contributed by atoms with E-state index in [2.05, 4.69) is 5.32 Å². The van der Waals surface area contributed by atoms with E-state index in [1.165, 1.54) is 6.20 Å². The van der Waals surface area contributed by atoms with Crippen LogP contribution < -0.4 is 25.4 Å². The van der Waals surface area contributed by atoms with Crippen molar-refractivity contribution in [3.05, 3.63) is 49.4 Å². The molecule has 2 N–H and O–H groups in total. The highest BCUT2D eigenvalue weighted by Crippen LogP contribution is 2.27. The van der Waals surface area contributed by atoms with Crippen LogP contribution in [0.5, 0.6) is 0 Å². The number of benzene rings is 1. The second kappa shape index (κ2) is 11.9. The van der Waals surface area contributed by atoms with Crippen LogP contribution in [-0.2, 0) is 17.8 Å². The largest absolute Gasteiger partial charge is 0.405 e. The summed E-state index contributed by atoms with van der Waals surface area (Å²) < 4.78 is 65.3. The smallest absolute Gasteiger partial charge is 0.360 e. The van der Waals surface area contributed by atoms with Crippen LogP contribution in [0.1, 0.15) is 25.3 Å². The van der Waals surface area contributed by atoms with Gasteiger partial charge in [-0.15, -0.1) is 11.3 Å². The number of nitriles is 1. The lowest BCUT2D eigenvalue weighted by atomic mass is 10.1. The van der Waals surface area contributed by atoms with Gasteiger partial charge in [0.05, 0.1) is 0 Å². The van der Waals surface area contributed by atoms with Crippen LogP contribution >= 0.6 is 11.3 Å². The normalized spacial score (nSPS) is 17.3. The van der Waals surface area contributed by atoms with Gasteiger partial charge in [0.1, 0.15) is 21.8 Å². The molecular weight excluding hydrogens is 517 g/mol. The Morgan fingerprint density at radius 3 is 2.59 bits per heavy atom. The highest BCUT2D eigenvalue weighted by Gasteiger charge is 2.33. The first-order valence-electron chi connectivity index (χ1n) is 11.6. The molecule has 1 saturated heterocycles. The fraction of sp³-hybridized carbons (Fsp3) is 0.458. The van der Waals surface area contributed by atoms with Gasteiger partial charge in [0, 0.05) is 50.9 Å². The average Bonchev–Trinajstić information content (AvgIpc) is 3.16. The molecule has 1 amide bonds. The van der Waals surface area contributed by atoms with E-state index in [1.54, 1.807) is 24.4 Å². The third kappa shape index (κ3) is 7.87. The fourth-order valence-electron chi connectivity index (χ4n) is 3.81. The minimum absolute atomic E-state index is 0.0383. The SMILES string of the molecule is CCn1c(=C(C#N)C(=O)NCC(F)(F)F)sc(=CNc2cccc(CCN3CCC(F)(F)CC3)c2)c1=O. The Kier molecular flexibility index (Phi) is 9.09. The van der Waals surface area contributed by atoms with Crippen molar-refractivity contribution in [2.75, 3.05) is 31.5 Å². The molecule has 200 valence electrons. The zero-order chi connectivity index (χ0) is 27.2. The molecule has 13 heteroatoms. The van der Waals surface area contributed by atoms with Gasteiger partial charge in [-0.3, -0.25) is 14.2 Å². The highest BCUT2D eigenvalue weighted by atomic mass is 32.1. The zero-order valence-corrected chi connectivity index (χ0v) is 20.8. The molecule has 1 fully saturated rings. The molecule has 0 radical (unpaired) electrons. The molecule has 1 aliphatic rings. The number of nitrogens with zero attached hydrogens (tertiary/aromatic N) is 3. The first-order chi connectivity index (χ1) is 17.4. The summed E-state index contributed by atoms with van der Waals surface area (Å²) in [5.41, 5.74) is 0.553. The Bertz CT molecular complexity index is 1330. The zero-order valence-electron chi connectivity index (χ0n) is 20.0. The number of nitrogens with one attached hydrogen (secondary N) is 2. The number of halogens is 5. The molecule has 0 bridgehead atoms. The summed E-state index contributed by atoms with van der Waals surface area (Å²) in [4.78, 5) is 27.0. The first kappa shape index (κ1) is 28.3. The van der Waals surface area contributed by atoms with Crippen LogP contribution in [0.4, 0.5) is 27.6 Å². The standard InChI is InChI=1S/C24H26F5N5O2S/c1-2-34-21(36)19(37-22(34)18(13-30)20(35)32-15-24(27,28)29)14-31-17-5-3-4-16(12-17)6-9-33-10-7-23(25,26)8-11-33/h3-5,12,14,31H,2,6-11,15H2,1H3,(H,32,35). The number of carbonyl (C=O) groups excluding carboxylic acids is 1. The summed E-state index contributed by atoms with van der Waals surface area (Å²) in [6.07, 6.45) is -2.86. The van der Waals surface area contributed by atoms with E-state index in [-0.39, 0.29) is 28.6 Å². The van der Waals surface area contributed by atoms with E-state index in [4.69, 9.17) is 0 Å². The molecule has 0 saturated carbocycles. The number of hydrogen-bond acceptors (Lipinski definition) is 6. The monoisotopic (exact) mass is 543 g/mol. The van der Waals surface area contributed by atoms with E-state index < -0.39 is 35.7 Å². The number of anilines is 1. The highest BCUT2D eigenvalue weighted by molar-refractivity contribution is 7.07. The van der Waals surface area contributed by atoms with Gasteiger partial charge in [0.2, 0.25) is 0 Å². The Balaban J connectivity index is 1.77. The maximum Gasteiger partial charge on any atom is 0.405 e. The van der Waals surface area contributed by atoms with Crippen LogP contribution in [0, 0.1) is 11.3 Å². The van der Waals surface area contributed by atoms with Crippen molar-refractivity contribution in [3.63, 3.8) is 0 Å². The number of aromatic nitrogens is 1. The number of amides is 1. The van der Waals surface area contributed by atoms with Gasteiger partial charge in [-0.2, -0.15) is 18.4 Å². The maximum atomic E-state index is 13.3. The van der Waals surface area contributed by atoms with Crippen molar-refractivity contribution in [1.82, 2.24) is 14.8 Å². The molecule has 0 aliphatic carbocycles. The van der Waals surface area contributed by atoms with E-state index in [0.29, 0.717) is 31.7 Å². The van der Waals surface area contributed by atoms with E-state index in [1.807, 2.05) is 23.1 Å². The van der Waals surface area contributed by atoms with Crippen molar-refractivity contribution < 1.29 is 26.7 Å². The molecule has 0 unspecified atom stereocenters. The van der Waals surface area contributed by atoms with Crippen LogP contribution in [0.3, 0.4) is 0 Å². The summed E-state index contributed by atoms with van der Waals surface area (Å²) in [5, 5.41) is 14.1. The molecule has 0 spiro atoms. The second-order valence-corrected chi connectivity index (χ2v) is 9.57. The third-order valence-electron chi connectivity index (χ3n) is 5.83. The number of rotatable bonds is 8. The molecular formula is C24H26F5N5O2S. The van der Waals surface area contributed by atoms with Gasteiger partial charge in [-0.25, -0.2) is 8.78 Å². The van der Waals surface area contributed by atoms with Crippen molar-refractivity contribution in [2.24, 2.45) is 0 Å². The van der Waals surface area contributed by atoms with Gasteiger partial charge in [-0.1, -0.05) is 12.1 Å². The molecule has 0 atom stereocenters. The predicted octanol–water partition coefficient (Wildman–Crippen LogP) is 2.41. The molecule has 37 heavy (non-hydrogen) atoms. The molecule has 1 aromatic heterocycles. The maximum absolute atomic E-state index is 13.3. The van der Waals surface area contributed by atoms with Crippen molar-refractivity contribution >= 4 is 34.7 Å². The predicted molar refractivity (Wildman–Crippen MR) is 130 cm³/mol. The minimum Gasteiger partial charge on any atom is -0.360 e. The Hall–Kier alpha value is -3.24. The molecule has 1 aliphatic heterocycles. The Morgan fingerprint density at radius 1 is 1.27 bits per heavy atom. The summed E-state index contributed by atoms with van der Waals surface area (Å²) in [7, 11) is 0. The lowest BCUT2D eigenvalue weighted by Crippen LogP contribution is -2.40. The molecule has 1 aromatic carbocycles. The quantitative estimate of drug-likeness (QED) is 0.500. The first-order valence-corrected chi connectivity index (χ1v) is 12.4. The third-order valence-corrected chi connectivity index (χ3v) is 6.96. The van der Waals surface area contributed by atoms with Crippen LogP contribution in [0.25, 0.3) is 11.8 Å². The van der Waals surface area contributed by atoms with Gasteiger partial charge in [-0.05, 0) is 31.0 Å². The Morgan fingerprint density at radius 2 is 1.97 bits per heavy atom. The molecule has 2 aromatic rings. The summed E-state index contributed by atoms with van der Waals surface area (Å²) in [6, 6.07) is 8.95. The lowest BCUT2D eigenvalue weighted by Gasteiger charge is -2.31. The van der Waals surface area contributed by atoms with Crippen molar-refractivity contribution in [3.8, 4) is 6.07 Å². The van der Waals surface area contributed by atoms with Crippen molar-refractivity contribution in [1.29, 1.82) is 5.26 Å². The number of piperidine rings is 1. The molecule has 7 nitrogen and oxygen atoms in total. The van der Waals surface area contributed by atoms with E-state index >= 15 is 0 Å². The van der Waals surface area contributed by atoms with Crippen LogP contribution in [0.15, 0.2) is 29.1 Å². The topological polar surface area (TPSA) is 90.2 Å². The van der Waals surface area contributed by atoms with Crippen molar-refractivity contribution in [2.45, 2.75) is 44.8 Å². The van der Waals surface area contributed by atoms with E-state index in [0.717, 1.165) is 21.5 Å². The van der Waals surface area contributed by atoms with E-state index in [9.17, 15) is 36.8 Å². The second-order valence-electron chi connectivity index (χ2n) is 8.54. The average molecular weight is 544 g/mol. The molecule has 2 heterocycles. The number of likely N-dealkylation sites (tertiary alicyclic amines) is 1. The summed E-state index contributed by atoms with van der Waals surface area (Å²) in [5.74, 6) is -3.81. The Labute approximate surface area is 213 Å². The summed E-state index contributed by atoms with van der Waals surface area (Å²) in [6.45, 7) is 1.46. The van der Waals surface area contributed by atoms with Gasteiger partial charge in [0.15, 0.2) is 5.57 Å². The van der Waals surface area contributed by atoms with Gasteiger partial charge >= 0.3 is 6.18 Å². The number of thiazole rings is 1. The van der Waals surface area contributed by atoms with Crippen LogP contribution in [0.2, 0.25) is 0 Å². The summed E-state index contributed by atoms with van der Waals surface area (Å²) >= 11 is 0.820. The van der Waals surface area contributed by atoms with Gasteiger partial charge in [0.25, 0.3) is 17.4 Å². The number of alkyl halides is 5.